The van der Waals surface area contributed by atoms with E-state index in [0.29, 0.717) is 11.7 Å². The fourth-order valence-electron chi connectivity index (χ4n) is 3.04. The molecular formula is C14H24N4O2. The Morgan fingerprint density at radius 2 is 2.40 bits per heavy atom. The highest BCUT2D eigenvalue weighted by atomic mass is 16.5. The van der Waals surface area contributed by atoms with Crippen LogP contribution in [-0.2, 0) is 10.3 Å². The van der Waals surface area contributed by atoms with Crippen molar-refractivity contribution in [2.24, 2.45) is 0 Å². The van der Waals surface area contributed by atoms with Crippen LogP contribution in [0.15, 0.2) is 4.52 Å². The van der Waals surface area contributed by atoms with Gasteiger partial charge in [0.1, 0.15) is 6.10 Å². The van der Waals surface area contributed by atoms with Crippen LogP contribution in [0.5, 0.6) is 0 Å². The fraction of sp³-hybridized carbons (Fsp3) is 0.857. The van der Waals surface area contributed by atoms with Crippen LogP contribution in [0.2, 0.25) is 0 Å². The van der Waals surface area contributed by atoms with Crippen molar-refractivity contribution < 1.29 is 9.26 Å². The predicted octanol–water partition coefficient (Wildman–Crippen LogP) is 1.45. The van der Waals surface area contributed by atoms with Crippen molar-refractivity contribution in [1.29, 1.82) is 0 Å². The lowest BCUT2D eigenvalue weighted by Gasteiger charge is -2.31. The average molecular weight is 280 g/mol. The highest BCUT2D eigenvalue weighted by Crippen LogP contribution is 2.30. The predicted molar refractivity (Wildman–Crippen MR) is 74.3 cm³/mol. The van der Waals surface area contributed by atoms with Crippen LogP contribution in [0.1, 0.15) is 50.9 Å². The molecule has 1 aromatic heterocycles. The Kier molecular flexibility index (Phi) is 4.05. The monoisotopic (exact) mass is 280 g/mol. The molecule has 6 nitrogen and oxygen atoms in total. The molecule has 0 saturated carbocycles. The number of aromatic nitrogens is 2. The highest BCUT2D eigenvalue weighted by Gasteiger charge is 2.37. The molecule has 2 aliphatic rings. The van der Waals surface area contributed by atoms with Gasteiger partial charge in [0.15, 0.2) is 0 Å². The summed E-state index contributed by atoms with van der Waals surface area (Å²) < 4.78 is 11.3. The molecule has 3 heterocycles. The van der Waals surface area contributed by atoms with Crippen molar-refractivity contribution in [3.63, 3.8) is 0 Å². The van der Waals surface area contributed by atoms with Gasteiger partial charge in [0, 0.05) is 13.1 Å². The number of hydrogen-bond donors (Lipinski definition) is 1. The second-order valence-electron chi connectivity index (χ2n) is 5.98. The zero-order valence-electron chi connectivity index (χ0n) is 12.4. The fourth-order valence-corrected chi connectivity index (χ4v) is 3.04. The molecule has 2 aliphatic heterocycles. The zero-order valence-corrected chi connectivity index (χ0v) is 12.4. The minimum atomic E-state index is -0.164. The summed E-state index contributed by atoms with van der Waals surface area (Å²) in [4.78, 5) is 6.99. The molecule has 2 unspecified atom stereocenters. The quantitative estimate of drug-likeness (QED) is 0.900. The topological polar surface area (TPSA) is 63.4 Å². The Hall–Kier alpha value is -0.980. The van der Waals surface area contributed by atoms with Crippen LogP contribution in [0, 0.1) is 0 Å². The van der Waals surface area contributed by atoms with Gasteiger partial charge < -0.3 is 14.6 Å². The van der Waals surface area contributed by atoms with Crippen molar-refractivity contribution >= 4 is 0 Å². The van der Waals surface area contributed by atoms with Gasteiger partial charge in [-0.25, -0.2) is 0 Å². The Labute approximate surface area is 119 Å². The van der Waals surface area contributed by atoms with Gasteiger partial charge in [-0.15, -0.1) is 0 Å². The van der Waals surface area contributed by atoms with Crippen LogP contribution < -0.4 is 5.32 Å². The second kappa shape index (κ2) is 5.79. The standard InChI is InChI=1S/C14H24N4O2/c1-3-7-18-8-9-19-11(10-18)12-16-13(20-17-12)14(2)5-4-6-15-14/h11,15H,3-10H2,1-2H3. The van der Waals surface area contributed by atoms with E-state index in [4.69, 9.17) is 9.26 Å². The molecule has 0 amide bonds. The van der Waals surface area contributed by atoms with E-state index in [1.807, 2.05) is 0 Å². The number of rotatable bonds is 4. The van der Waals surface area contributed by atoms with E-state index < -0.39 is 0 Å². The highest BCUT2D eigenvalue weighted by molar-refractivity contribution is 5.06. The Morgan fingerprint density at radius 1 is 1.50 bits per heavy atom. The van der Waals surface area contributed by atoms with Crippen LogP contribution in [0.4, 0.5) is 0 Å². The van der Waals surface area contributed by atoms with Crippen molar-refractivity contribution in [1.82, 2.24) is 20.4 Å². The number of ether oxygens (including phenoxy) is 1. The summed E-state index contributed by atoms with van der Waals surface area (Å²) in [5, 5.41) is 7.59. The molecule has 0 radical (unpaired) electrons. The number of hydrogen-bond acceptors (Lipinski definition) is 6. The van der Waals surface area contributed by atoms with Crippen LogP contribution in [0.3, 0.4) is 0 Å². The Balaban J connectivity index is 1.70. The molecule has 1 N–H and O–H groups in total. The van der Waals surface area contributed by atoms with Crippen molar-refractivity contribution in [2.75, 3.05) is 32.8 Å². The van der Waals surface area contributed by atoms with Crippen molar-refractivity contribution in [2.45, 2.75) is 44.8 Å². The molecule has 20 heavy (non-hydrogen) atoms. The summed E-state index contributed by atoms with van der Waals surface area (Å²) in [7, 11) is 0. The molecule has 0 bridgehead atoms. The lowest BCUT2D eigenvalue weighted by atomic mass is 10.0. The zero-order chi connectivity index (χ0) is 14.0. The summed E-state index contributed by atoms with van der Waals surface area (Å²) in [6, 6.07) is 0. The van der Waals surface area contributed by atoms with Crippen molar-refractivity contribution in [3.8, 4) is 0 Å². The molecule has 0 spiro atoms. The summed E-state index contributed by atoms with van der Waals surface area (Å²) in [5.74, 6) is 1.39. The SMILES string of the molecule is CCCN1CCOC(c2noc(C3(C)CCCN3)n2)C1. The molecule has 3 rings (SSSR count). The van der Waals surface area contributed by atoms with Crippen LogP contribution >= 0.6 is 0 Å². The summed E-state index contributed by atoms with van der Waals surface area (Å²) in [6.45, 7) is 9.03. The van der Waals surface area contributed by atoms with Gasteiger partial charge in [-0.3, -0.25) is 4.90 Å². The van der Waals surface area contributed by atoms with E-state index in [1.165, 1.54) is 0 Å². The third-order valence-corrected chi connectivity index (χ3v) is 4.26. The van der Waals surface area contributed by atoms with E-state index in [-0.39, 0.29) is 11.6 Å². The number of nitrogens with zero attached hydrogens (tertiary/aromatic N) is 3. The first-order valence-corrected chi connectivity index (χ1v) is 7.64. The maximum absolute atomic E-state index is 5.80. The summed E-state index contributed by atoms with van der Waals surface area (Å²) in [6.07, 6.45) is 3.30. The molecule has 2 saturated heterocycles. The van der Waals surface area contributed by atoms with E-state index in [1.54, 1.807) is 0 Å². The van der Waals surface area contributed by atoms with E-state index in [2.05, 4.69) is 34.2 Å². The molecule has 6 heteroatoms. The first-order valence-electron chi connectivity index (χ1n) is 7.64. The van der Waals surface area contributed by atoms with Crippen LogP contribution in [-0.4, -0.2) is 47.8 Å². The van der Waals surface area contributed by atoms with Crippen LogP contribution in [0.25, 0.3) is 0 Å². The molecule has 2 fully saturated rings. The van der Waals surface area contributed by atoms with E-state index in [9.17, 15) is 0 Å². The van der Waals surface area contributed by atoms with E-state index in [0.717, 1.165) is 52.0 Å². The average Bonchev–Trinajstić information content (AvgIpc) is 3.09. The smallest absolute Gasteiger partial charge is 0.246 e. The van der Waals surface area contributed by atoms with Gasteiger partial charge in [-0.05, 0) is 39.3 Å². The molecule has 0 aromatic carbocycles. The van der Waals surface area contributed by atoms with Gasteiger partial charge in [0.2, 0.25) is 11.7 Å². The van der Waals surface area contributed by atoms with Gasteiger partial charge in [-0.2, -0.15) is 4.98 Å². The number of morpholine rings is 1. The van der Waals surface area contributed by atoms with Gasteiger partial charge >= 0.3 is 0 Å². The lowest BCUT2D eigenvalue weighted by Crippen LogP contribution is -2.39. The number of nitrogens with one attached hydrogen (secondary N) is 1. The lowest BCUT2D eigenvalue weighted by molar-refractivity contribution is -0.0350. The molecule has 2 atom stereocenters. The maximum Gasteiger partial charge on any atom is 0.246 e. The summed E-state index contributed by atoms with van der Waals surface area (Å²) >= 11 is 0. The van der Waals surface area contributed by atoms with Crippen molar-refractivity contribution in [3.05, 3.63) is 11.7 Å². The summed E-state index contributed by atoms with van der Waals surface area (Å²) in [5.41, 5.74) is -0.164. The molecule has 112 valence electrons. The largest absolute Gasteiger partial charge is 0.367 e. The maximum atomic E-state index is 5.80. The molecule has 1 aromatic rings. The molecule has 0 aliphatic carbocycles. The Morgan fingerprint density at radius 3 is 3.15 bits per heavy atom. The third kappa shape index (κ3) is 2.73. The first kappa shape index (κ1) is 14.0. The first-order chi connectivity index (χ1) is 9.71. The minimum Gasteiger partial charge on any atom is -0.367 e. The van der Waals surface area contributed by atoms with Gasteiger partial charge in [-0.1, -0.05) is 12.1 Å². The van der Waals surface area contributed by atoms with E-state index >= 15 is 0 Å². The van der Waals surface area contributed by atoms with Gasteiger partial charge in [0.05, 0.1) is 12.1 Å². The second-order valence-corrected chi connectivity index (χ2v) is 5.98. The van der Waals surface area contributed by atoms with Gasteiger partial charge in [0.25, 0.3) is 0 Å². The minimum absolute atomic E-state index is 0.0576. The normalized spacial score (nSPS) is 31.8. The molecular weight excluding hydrogens is 256 g/mol. The Bertz CT molecular complexity index is 440. The third-order valence-electron chi connectivity index (χ3n) is 4.26.